The Balaban J connectivity index is 3.72. The molecule has 4 heteroatoms. The van der Waals surface area contributed by atoms with Gasteiger partial charge in [-0.15, -0.1) is 0 Å². The second-order valence-electron chi connectivity index (χ2n) is 6.17. The summed E-state index contributed by atoms with van der Waals surface area (Å²) in [6.45, 7) is 10.7. The van der Waals surface area contributed by atoms with Crippen LogP contribution in [0, 0.1) is 5.41 Å². The van der Waals surface area contributed by atoms with Crippen molar-refractivity contribution in [3.8, 4) is 0 Å². The van der Waals surface area contributed by atoms with Crippen LogP contribution < -0.4 is 0 Å². The van der Waals surface area contributed by atoms with Crippen molar-refractivity contribution in [2.75, 3.05) is 0 Å². The Kier molecular flexibility index (Phi) is 7.71. The van der Waals surface area contributed by atoms with Crippen molar-refractivity contribution < 1.29 is 14.3 Å². The largest absolute Gasteiger partial charge is 0.479 e. The summed E-state index contributed by atoms with van der Waals surface area (Å²) in [4.78, 5) is 11.0. The maximum atomic E-state index is 11.0. The molecule has 0 aliphatic rings. The smallest absolute Gasteiger partial charge is 0.331 e. The predicted molar refractivity (Wildman–Crippen MR) is 73.9 cm³/mol. The maximum Gasteiger partial charge on any atom is 0.331 e. The monoisotopic (exact) mass is 260 g/mol. The zero-order chi connectivity index (χ0) is 13.5. The minimum Gasteiger partial charge on any atom is -0.479 e. The van der Waals surface area contributed by atoms with E-state index in [-0.39, 0.29) is 0 Å². The van der Waals surface area contributed by atoms with Crippen LogP contribution >= 0.6 is 0 Å². The van der Waals surface area contributed by atoms with E-state index in [0.717, 1.165) is 12.8 Å². The van der Waals surface area contributed by atoms with Crippen molar-refractivity contribution in [3.05, 3.63) is 0 Å². The van der Waals surface area contributed by atoms with Gasteiger partial charge in [-0.05, 0) is 31.4 Å². The van der Waals surface area contributed by atoms with Crippen molar-refractivity contribution in [2.45, 2.75) is 72.1 Å². The lowest BCUT2D eigenvalue weighted by atomic mass is 9.89. The molecule has 0 saturated heterocycles. The highest BCUT2D eigenvalue weighted by molar-refractivity contribution is 6.48. The molecule has 0 aromatic carbocycles. The first-order valence-corrected chi connectivity index (χ1v) is 9.39. The van der Waals surface area contributed by atoms with Crippen LogP contribution in [-0.2, 0) is 9.22 Å². The van der Waals surface area contributed by atoms with Gasteiger partial charge < -0.3 is 9.53 Å². The number of unbranched alkanes of at least 4 members (excludes halogenated alkanes) is 2. The van der Waals surface area contributed by atoms with Crippen LogP contribution in [0.4, 0.5) is 0 Å². The van der Waals surface area contributed by atoms with E-state index in [1.165, 1.54) is 12.8 Å². The predicted octanol–water partition coefficient (Wildman–Crippen LogP) is 3.44. The molecule has 1 N–H and O–H groups in total. The number of rotatable bonds is 8. The molecule has 0 amide bonds. The summed E-state index contributed by atoms with van der Waals surface area (Å²) in [5.74, 6) is -0.804. The van der Waals surface area contributed by atoms with Crippen LogP contribution in [0.2, 0.25) is 13.1 Å². The highest BCUT2D eigenvalue weighted by Crippen LogP contribution is 2.22. The van der Waals surface area contributed by atoms with E-state index in [1.807, 2.05) is 13.1 Å². The Morgan fingerprint density at radius 2 is 1.82 bits per heavy atom. The van der Waals surface area contributed by atoms with Gasteiger partial charge in [0.25, 0.3) is 0 Å². The molecule has 0 fully saturated rings. The van der Waals surface area contributed by atoms with Crippen LogP contribution in [0.15, 0.2) is 0 Å². The molecule has 0 aliphatic heterocycles. The van der Waals surface area contributed by atoms with E-state index < -0.39 is 21.1 Å². The topological polar surface area (TPSA) is 46.5 Å². The van der Waals surface area contributed by atoms with E-state index in [0.29, 0.717) is 11.8 Å². The SMILES string of the molecule is C[SiH](C)OC(CCCCCC(C)(C)C)C(=O)O. The molecule has 1 atom stereocenters. The summed E-state index contributed by atoms with van der Waals surface area (Å²) in [5.41, 5.74) is 0.382. The third-order valence-corrected chi connectivity index (χ3v) is 3.48. The van der Waals surface area contributed by atoms with Crippen molar-refractivity contribution >= 4 is 15.0 Å². The van der Waals surface area contributed by atoms with E-state index in [9.17, 15) is 4.79 Å². The Hall–Kier alpha value is -0.353. The zero-order valence-electron chi connectivity index (χ0n) is 12.0. The van der Waals surface area contributed by atoms with Gasteiger partial charge in [0, 0.05) is 0 Å². The van der Waals surface area contributed by atoms with Crippen LogP contribution in [0.3, 0.4) is 0 Å². The Bertz CT molecular complexity index is 221. The molecule has 1 unspecified atom stereocenters. The summed E-state index contributed by atoms with van der Waals surface area (Å²) in [6.07, 6.45) is 4.51. The molecule has 17 heavy (non-hydrogen) atoms. The summed E-state index contributed by atoms with van der Waals surface area (Å²) >= 11 is 0. The summed E-state index contributed by atoms with van der Waals surface area (Å²) in [7, 11) is -1.25. The van der Waals surface area contributed by atoms with Gasteiger partial charge in [0.1, 0.15) is 6.10 Å². The molecule has 0 spiro atoms. The van der Waals surface area contributed by atoms with Gasteiger partial charge in [0.15, 0.2) is 9.04 Å². The van der Waals surface area contributed by atoms with Crippen LogP contribution in [0.1, 0.15) is 52.9 Å². The maximum absolute atomic E-state index is 11.0. The van der Waals surface area contributed by atoms with Gasteiger partial charge in [-0.2, -0.15) is 0 Å². The number of hydrogen-bond donors (Lipinski definition) is 1. The van der Waals surface area contributed by atoms with Gasteiger partial charge in [-0.3, -0.25) is 0 Å². The van der Waals surface area contributed by atoms with E-state index in [1.54, 1.807) is 0 Å². The fourth-order valence-electron chi connectivity index (χ4n) is 1.74. The van der Waals surface area contributed by atoms with Crippen molar-refractivity contribution in [3.63, 3.8) is 0 Å². The van der Waals surface area contributed by atoms with Crippen molar-refractivity contribution in [1.29, 1.82) is 0 Å². The Labute approximate surface area is 107 Å². The van der Waals surface area contributed by atoms with E-state index >= 15 is 0 Å². The molecule has 0 aromatic heterocycles. The van der Waals surface area contributed by atoms with E-state index in [4.69, 9.17) is 9.53 Å². The number of hydrogen-bond acceptors (Lipinski definition) is 2. The normalized spacial score (nSPS) is 14.0. The minimum absolute atomic E-state index is 0.382. The molecule has 3 nitrogen and oxygen atoms in total. The fraction of sp³-hybridized carbons (Fsp3) is 0.923. The molecular formula is C13H28O3Si. The summed E-state index contributed by atoms with van der Waals surface area (Å²) < 4.78 is 5.50. The van der Waals surface area contributed by atoms with Crippen molar-refractivity contribution in [2.24, 2.45) is 5.41 Å². The molecule has 102 valence electrons. The Morgan fingerprint density at radius 3 is 2.24 bits per heavy atom. The number of carbonyl (C=O) groups is 1. The van der Waals surface area contributed by atoms with Crippen LogP contribution in [0.5, 0.6) is 0 Å². The van der Waals surface area contributed by atoms with Gasteiger partial charge in [-0.1, -0.05) is 40.0 Å². The van der Waals surface area contributed by atoms with E-state index in [2.05, 4.69) is 20.8 Å². The standard InChI is InChI=1S/C13H28O3Si/c1-13(2,3)10-8-6-7-9-11(12(14)15)16-17(4)5/h11,17H,6-10H2,1-5H3,(H,14,15). The van der Waals surface area contributed by atoms with Crippen LogP contribution in [0.25, 0.3) is 0 Å². The second-order valence-corrected chi connectivity index (χ2v) is 8.54. The summed E-state index contributed by atoms with van der Waals surface area (Å²) in [5, 5.41) is 9.01. The quantitative estimate of drug-likeness (QED) is 0.537. The lowest BCUT2D eigenvalue weighted by Gasteiger charge is -2.18. The first-order chi connectivity index (χ1) is 7.72. The molecule has 0 bridgehead atoms. The molecule has 0 saturated carbocycles. The third-order valence-electron chi connectivity index (χ3n) is 2.60. The average Bonchev–Trinajstić information content (AvgIpc) is 2.12. The summed E-state index contributed by atoms with van der Waals surface area (Å²) in [6, 6.07) is 0. The molecular weight excluding hydrogens is 232 g/mol. The minimum atomic E-state index is -1.25. The van der Waals surface area contributed by atoms with Gasteiger partial charge >= 0.3 is 5.97 Å². The first-order valence-electron chi connectivity index (χ1n) is 6.60. The molecule has 0 heterocycles. The molecule has 0 rings (SSSR count). The second kappa shape index (κ2) is 7.87. The zero-order valence-corrected chi connectivity index (χ0v) is 13.1. The first kappa shape index (κ1) is 16.6. The highest BCUT2D eigenvalue weighted by atomic mass is 28.3. The van der Waals surface area contributed by atoms with Crippen LogP contribution in [-0.4, -0.2) is 26.2 Å². The lowest BCUT2D eigenvalue weighted by molar-refractivity contribution is -0.145. The Morgan fingerprint density at radius 1 is 1.24 bits per heavy atom. The average molecular weight is 260 g/mol. The third kappa shape index (κ3) is 10.5. The fourth-order valence-corrected chi connectivity index (χ4v) is 2.65. The van der Waals surface area contributed by atoms with Gasteiger partial charge in [0.05, 0.1) is 0 Å². The highest BCUT2D eigenvalue weighted by Gasteiger charge is 2.19. The molecule has 0 radical (unpaired) electrons. The van der Waals surface area contributed by atoms with Gasteiger partial charge in [-0.25, -0.2) is 4.79 Å². The molecule has 0 aliphatic carbocycles. The van der Waals surface area contributed by atoms with Gasteiger partial charge in [0.2, 0.25) is 0 Å². The number of carboxylic acids is 1. The number of aliphatic carboxylic acids is 1. The number of carboxylic acid groups (broad SMARTS) is 1. The van der Waals surface area contributed by atoms with Crippen molar-refractivity contribution in [1.82, 2.24) is 0 Å². The molecule has 0 aromatic rings. The lowest BCUT2D eigenvalue weighted by Crippen LogP contribution is -2.28.